The van der Waals surface area contributed by atoms with Crippen molar-refractivity contribution in [1.29, 1.82) is 0 Å². The molecule has 7 heteroatoms. The van der Waals surface area contributed by atoms with Crippen molar-refractivity contribution in [2.24, 2.45) is 11.8 Å². The molecule has 6 nitrogen and oxygen atoms in total. The molecular formula is C20H19ClN2O4. The molecule has 2 amide bonds. The van der Waals surface area contributed by atoms with Gasteiger partial charge in [-0.15, -0.1) is 0 Å². The Morgan fingerprint density at radius 3 is 2.70 bits per heavy atom. The molecule has 1 heterocycles. The molecular weight excluding hydrogens is 368 g/mol. The zero-order valence-electron chi connectivity index (χ0n) is 14.5. The smallest absolute Gasteiger partial charge is 0.231 e. The molecule has 0 bridgehead atoms. The molecule has 140 valence electrons. The summed E-state index contributed by atoms with van der Waals surface area (Å²) in [7, 11) is 0. The molecule has 2 unspecified atom stereocenters. The van der Waals surface area contributed by atoms with Gasteiger partial charge in [0, 0.05) is 23.3 Å². The summed E-state index contributed by atoms with van der Waals surface area (Å²) in [6.07, 6.45) is 1.27. The van der Waals surface area contributed by atoms with Crippen molar-refractivity contribution in [2.75, 3.05) is 18.7 Å². The third kappa shape index (κ3) is 4.17. The van der Waals surface area contributed by atoms with Crippen molar-refractivity contribution in [3.63, 3.8) is 0 Å². The summed E-state index contributed by atoms with van der Waals surface area (Å²) < 4.78 is 10.5. The Morgan fingerprint density at radius 1 is 1.04 bits per heavy atom. The molecule has 1 aliphatic carbocycles. The van der Waals surface area contributed by atoms with E-state index in [2.05, 4.69) is 10.6 Å². The maximum Gasteiger partial charge on any atom is 0.231 e. The Hall–Kier alpha value is -2.73. The summed E-state index contributed by atoms with van der Waals surface area (Å²) in [5, 5.41) is 6.42. The van der Waals surface area contributed by atoms with Gasteiger partial charge >= 0.3 is 0 Å². The zero-order chi connectivity index (χ0) is 18.8. The molecule has 1 saturated carbocycles. The van der Waals surface area contributed by atoms with E-state index in [0.717, 1.165) is 5.56 Å². The summed E-state index contributed by atoms with van der Waals surface area (Å²) in [6.45, 7) is 0.707. The third-order valence-electron chi connectivity index (χ3n) is 4.71. The number of anilines is 1. The van der Waals surface area contributed by atoms with Gasteiger partial charge in [0.15, 0.2) is 11.5 Å². The highest BCUT2D eigenvalue weighted by molar-refractivity contribution is 6.30. The fraction of sp³-hybridized carbons (Fsp3) is 0.300. The average Bonchev–Trinajstić information content (AvgIpc) is 3.33. The molecule has 1 aliphatic heterocycles. The molecule has 2 N–H and O–H groups in total. The third-order valence-corrected chi connectivity index (χ3v) is 4.94. The van der Waals surface area contributed by atoms with Gasteiger partial charge < -0.3 is 20.1 Å². The first-order valence-electron chi connectivity index (χ1n) is 8.83. The lowest BCUT2D eigenvalue weighted by Crippen LogP contribution is -2.29. The van der Waals surface area contributed by atoms with Gasteiger partial charge in [0.1, 0.15) is 0 Å². The SMILES string of the molecule is O=C(NCCc1cccc(Cl)c1)C1CC1C(=O)Nc1ccc2c(c1)OCO2. The Labute approximate surface area is 161 Å². The van der Waals surface area contributed by atoms with E-state index in [1.807, 2.05) is 24.3 Å². The van der Waals surface area contributed by atoms with Crippen molar-refractivity contribution < 1.29 is 19.1 Å². The number of hydrogen-bond donors (Lipinski definition) is 2. The second kappa shape index (κ2) is 7.48. The van der Waals surface area contributed by atoms with Crippen LogP contribution in [0, 0.1) is 11.8 Å². The highest BCUT2D eigenvalue weighted by Gasteiger charge is 2.47. The first-order chi connectivity index (χ1) is 13.1. The van der Waals surface area contributed by atoms with E-state index in [4.69, 9.17) is 21.1 Å². The fourth-order valence-corrected chi connectivity index (χ4v) is 3.35. The van der Waals surface area contributed by atoms with Crippen molar-refractivity contribution in [3.8, 4) is 11.5 Å². The first kappa shape index (κ1) is 17.7. The second-order valence-corrected chi connectivity index (χ2v) is 7.11. The Kier molecular flexibility index (Phi) is 4.90. The van der Waals surface area contributed by atoms with Gasteiger partial charge in [-0.3, -0.25) is 9.59 Å². The zero-order valence-corrected chi connectivity index (χ0v) is 15.3. The van der Waals surface area contributed by atoms with Crippen LogP contribution in [0.25, 0.3) is 0 Å². The molecule has 2 aromatic rings. The monoisotopic (exact) mass is 386 g/mol. The molecule has 27 heavy (non-hydrogen) atoms. The van der Waals surface area contributed by atoms with E-state index in [9.17, 15) is 9.59 Å². The number of rotatable bonds is 6. The number of amides is 2. The molecule has 2 atom stereocenters. The molecule has 0 aromatic heterocycles. The first-order valence-corrected chi connectivity index (χ1v) is 9.20. The van der Waals surface area contributed by atoms with Crippen LogP contribution in [0.4, 0.5) is 5.69 Å². The van der Waals surface area contributed by atoms with E-state index in [0.29, 0.717) is 41.6 Å². The minimum atomic E-state index is -0.290. The predicted molar refractivity (Wildman–Crippen MR) is 101 cm³/mol. The van der Waals surface area contributed by atoms with Crippen molar-refractivity contribution in [1.82, 2.24) is 5.32 Å². The lowest BCUT2D eigenvalue weighted by Gasteiger charge is -2.07. The number of hydrogen-bond acceptors (Lipinski definition) is 4. The number of nitrogens with one attached hydrogen (secondary N) is 2. The number of carbonyl (C=O) groups is 2. The van der Waals surface area contributed by atoms with Crippen LogP contribution in [-0.4, -0.2) is 25.2 Å². The molecule has 1 fully saturated rings. The van der Waals surface area contributed by atoms with Crippen LogP contribution in [-0.2, 0) is 16.0 Å². The van der Waals surface area contributed by atoms with Crippen molar-refractivity contribution >= 4 is 29.1 Å². The Morgan fingerprint density at radius 2 is 1.85 bits per heavy atom. The maximum absolute atomic E-state index is 12.3. The van der Waals surface area contributed by atoms with Gasteiger partial charge in [0.05, 0.1) is 11.8 Å². The Balaban J connectivity index is 1.23. The summed E-state index contributed by atoms with van der Waals surface area (Å²) in [6, 6.07) is 12.8. The summed E-state index contributed by atoms with van der Waals surface area (Å²) >= 11 is 5.95. The minimum absolute atomic E-state index is 0.0807. The lowest BCUT2D eigenvalue weighted by atomic mass is 10.1. The van der Waals surface area contributed by atoms with Gasteiger partial charge in [0.25, 0.3) is 0 Å². The molecule has 0 radical (unpaired) electrons. The van der Waals surface area contributed by atoms with E-state index in [-0.39, 0.29) is 30.4 Å². The molecule has 0 spiro atoms. The predicted octanol–water partition coefficient (Wildman–Crippen LogP) is 3.00. The van der Waals surface area contributed by atoms with Crippen LogP contribution < -0.4 is 20.1 Å². The van der Waals surface area contributed by atoms with E-state index in [1.165, 1.54) is 0 Å². The van der Waals surface area contributed by atoms with Crippen molar-refractivity contribution in [3.05, 3.63) is 53.1 Å². The average molecular weight is 387 g/mol. The van der Waals surface area contributed by atoms with Gasteiger partial charge in [0.2, 0.25) is 18.6 Å². The largest absolute Gasteiger partial charge is 0.454 e. The van der Waals surface area contributed by atoms with Crippen LogP contribution in [0.1, 0.15) is 12.0 Å². The van der Waals surface area contributed by atoms with Gasteiger partial charge in [-0.25, -0.2) is 0 Å². The number of fused-ring (bicyclic) bond motifs is 1. The number of ether oxygens (including phenoxy) is 2. The normalized spacial score (nSPS) is 19.4. The summed E-state index contributed by atoms with van der Waals surface area (Å²) in [5.41, 5.74) is 1.70. The van der Waals surface area contributed by atoms with E-state index >= 15 is 0 Å². The number of halogens is 1. The van der Waals surface area contributed by atoms with Crippen LogP contribution in [0.3, 0.4) is 0 Å². The molecule has 2 aliphatic rings. The van der Waals surface area contributed by atoms with Crippen LogP contribution in [0.2, 0.25) is 5.02 Å². The van der Waals surface area contributed by atoms with E-state index < -0.39 is 0 Å². The minimum Gasteiger partial charge on any atom is -0.454 e. The molecule has 0 saturated heterocycles. The second-order valence-electron chi connectivity index (χ2n) is 6.68. The number of carbonyl (C=O) groups excluding carboxylic acids is 2. The fourth-order valence-electron chi connectivity index (χ4n) is 3.14. The quantitative estimate of drug-likeness (QED) is 0.800. The lowest BCUT2D eigenvalue weighted by molar-refractivity contribution is -0.125. The van der Waals surface area contributed by atoms with Crippen LogP contribution in [0.15, 0.2) is 42.5 Å². The summed E-state index contributed by atoms with van der Waals surface area (Å²) in [5.74, 6) is 0.488. The van der Waals surface area contributed by atoms with Gasteiger partial charge in [-0.1, -0.05) is 23.7 Å². The standard InChI is InChI=1S/C20H19ClN2O4/c21-13-3-1-2-12(8-13)6-7-22-19(24)15-10-16(15)20(25)23-14-4-5-17-18(9-14)27-11-26-17/h1-5,8-9,15-16H,6-7,10-11H2,(H,22,24)(H,23,25). The van der Waals surface area contributed by atoms with E-state index in [1.54, 1.807) is 18.2 Å². The molecule has 2 aromatic carbocycles. The highest BCUT2D eigenvalue weighted by Crippen LogP contribution is 2.40. The highest BCUT2D eigenvalue weighted by atomic mass is 35.5. The maximum atomic E-state index is 12.3. The van der Waals surface area contributed by atoms with Crippen LogP contribution >= 0.6 is 11.6 Å². The van der Waals surface area contributed by atoms with Crippen molar-refractivity contribution in [2.45, 2.75) is 12.8 Å². The van der Waals surface area contributed by atoms with Gasteiger partial charge in [-0.05, 0) is 42.7 Å². The van der Waals surface area contributed by atoms with Gasteiger partial charge in [-0.2, -0.15) is 0 Å². The summed E-state index contributed by atoms with van der Waals surface area (Å²) in [4.78, 5) is 24.6. The Bertz CT molecular complexity index is 886. The number of benzene rings is 2. The topological polar surface area (TPSA) is 76.7 Å². The van der Waals surface area contributed by atoms with Crippen LogP contribution in [0.5, 0.6) is 11.5 Å². The molecule has 4 rings (SSSR count).